The molecule has 1 fully saturated rings. The van der Waals surface area contributed by atoms with E-state index in [1.165, 1.54) is 28.2 Å². The number of hydrogen-bond acceptors (Lipinski definition) is 4. The van der Waals surface area contributed by atoms with E-state index < -0.39 is 0 Å². The minimum atomic E-state index is 0.690. The molecule has 0 radical (unpaired) electrons. The number of aryl methyl sites for hydroxylation is 2. The van der Waals surface area contributed by atoms with Crippen molar-refractivity contribution in [2.75, 3.05) is 36.0 Å². The summed E-state index contributed by atoms with van der Waals surface area (Å²) in [6.45, 7) is 12.4. The Balaban J connectivity index is 1.61. The van der Waals surface area contributed by atoms with Gasteiger partial charge in [0.15, 0.2) is 5.65 Å². The van der Waals surface area contributed by atoms with E-state index in [0.29, 0.717) is 5.56 Å². The Morgan fingerprint density at radius 3 is 2.38 bits per heavy atom. The highest BCUT2D eigenvalue weighted by atomic mass is 15.3. The molecule has 1 saturated heterocycles. The van der Waals surface area contributed by atoms with Crippen LogP contribution in [0.5, 0.6) is 0 Å². The van der Waals surface area contributed by atoms with Crippen molar-refractivity contribution in [3.05, 3.63) is 70.3 Å². The zero-order valence-electron chi connectivity index (χ0n) is 19.3. The normalized spacial score (nSPS) is 14.3. The number of para-hydroxylation sites is 2. The third kappa shape index (κ3) is 3.10. The number of anilines is 2. The lowest BCUT2D eigenvalue weighted by Gasteiger charge is -2.39. The maximum absolute atomic E-state index is 9.95. The van der Waals surface area contributed by atoms with Gasteiger partial charge in [0.2, 0.25) is 0 Å². The van der Waals surface area contributed by atoms with E-state index in [2.05, 4.69) is 78.3 Å². The monoisotopic (exact) mass is 423 g/mol. The van der Waals surface area contributed by atoms with Gasteiger partial charge in [-0.05, 0) is 62.1 Å². The van der Waals surface area contributed by atoms with E-state index in [9.17, 15) is 5.26 Å². The highest BCUT2D eigenvalue weighted by Crippen LogP contribution is 2.34. The molecular formula is C27H29N5. The van der Waals surface area contributed by atoms with Crippen molar-refractivity contribution in [1.29, 1.82) is 5.26 Å². The molecule has 0 amide bonds. The highest BCUT2D eigenvalue weighted by molar-refractivity contribution is 5.86. The molecule has 5 rings (SSSR count). The summed E-state index contributed by atoms with van der Waals surface area (Å²) < 4.78 is 2.23. The van der Waals surface area contributed by atoms with Crippen molar-refractivity contribution >= 4 is 28.2 Å². The van der Waals surface area contributed by atoms with Crippen LogP contribution >= 0.6 is 0 Å². The van der Waals surface area contributed by atoms with Crippen LogP contribution in [0.25, 0.3) is 16.7 Å². The summed E-state index contributed by atoms with van der Waals surface area (Å²) >= 11 is 0. The fourth-order valence-corrected chi connectivity index (χ4v) is 5.24. The first-order chi connectivity index (χ1) is 15.5. The number of imidazole rings is 1. The molecule has 2 aromatic carbocycles. The predicted octanol–water partition coefficient (Wildman–Crippen LogP) is 5.17. The average molecular weight is 424 g/mol. The van der Waals surface area contributed by atoms with Crippen LogP contribution in [-0.2, 0) is 6.42 Å². The lowest BCUT2D eigenvalue weighted by Crippen LogP contribution is -2.47. The largest absolute Gasteiger partial charge is 0.368 e. The van der Waals surface area contributed by atoms with Crippen molar-refractivity contribution in [3.63, 3.8) is 0 Å². The zero-order chi connectivity index (χ0) is 22.4. The minimum absolute atomic E-state index is 0.690. The van der Waals surface area contributed by atoms with Crippen LogP contribution in [-0.4, -0.2) is 35.6 Å². The fraction of sp³-hybridized carbons (Fsp3) is 0.333. The van der Waals surface area contributed by atoms with Gasteiger partial charge >= 0.3 is 0 Å². The maximum Gasteiger partial charge on any atom is 0.157 e. The molecule has 0 aliphatic carbocycles. The van der Waals surface area contributed by atoms with Crippen molar-refractivity contribution in [3.8, 4) is 6.07 Å². The molecule has 0 N–H and O–H groups in total. The third-order valence-electron chi connectivity index (χ3n) is 6.83. The number of aromatic nitrogens is 2. The number of rotatable bonds is 3. The Bertz CT molecular complexity index is 1370. The first kappa shape index (κ1) is 20.4. The maximum atomic E-state index is 9.95. The van der Waals surface area contributed by atoms with Crippen molar-refractivity contribution in [2.45, 2.75) is 34.1 Å². The van der Waals surface area contributed by atoms with Crippen LogP contribution in [0.4, 0.5) is 11.5 Å². The first-order valence-corrected chi connectivity index (χ1v) is 11.4. The Morgan fingerprint density at radius 2 is 1.69 bits per heavy atom. The third-order valence-corrected chi connectivity index (χ3v) is 6.83. The second-order valence-electron chi connectivity index (χ2n) is 8.79. The Hall–Kier alpha value is -3.52. The number of fused-ring (bicyclic) bond motifs is 3. The van der Waals surface area contributed by atoms with Gasteiger partial charge in [0.25, 0.3) is 0 Å². The first-order valence-electron chi connectivity index (χ1n) is 11.4. The summed E-state index contributed by atoms with van der Waals surface area (Å²) in [6.07, 6.45) is 0.885. The van der Waals surface area contributed by atoms with E-state index in [-0.39, 0.29) is 0 Å². The van der Waals surface area contributed by atoms with Crippen molar-refractivity contribution in [1.82, 2.24) is 9.38 Å². The summed E-state index contributed by atoms with van der Waals surface area (Å²) in [7, 11) is 0. The van der Waals surface area contributed by atoms with E-state index in [0.717, 1.165) is 54.8 Å². The number of piperazine rings is 1. The lowest BCUT2D eigenvalue weighted by atomic mass is 10.0. The number of pyridine rings is 1. The second-order valence-corrected chi connectivity index (χ2v) is 8.79. The van der Waals surface area contributed by atoms with Crippen LogP contribution < -0.4 is 9.80 Å². The molecule has 1 aliphatic rings. The zero-order valence-corrected chi connectivity index (χ0v) is 19.3. The van der Waals surface area contributed by atoms with Gasteiger partial charge in [-0.3, -0.25) is 4.40 Å². The minimum Gasteiger partial charge on any atom is -0.368 e. The molecule has 4 aromatic rings. The molecule has 2 aromatic heterocycles. The summed E-state index contributed by atoms with van der Waals surface area (Å²) in [5.41, 5.74) is 9.75. The van der Waals surface area contributed by atoms with Gasteiger partial charge in [-0.15, -0.1) is 0 Å². The van der Waals surface area contributed by atoms with Gasteiger partial charge in [-0.25, -0.2) is 4.98 Å². The van der Waals surface area contributed by atoms with E-state index in [1.807, 2.05) is 12.1 Å². The quantitative estimate of drug-likeness (QED) is 0.456. The Labute approximate surface area is 189 Å². The number of hydrogen-bond donors (Lipinski definition) is 0. The van der Waals surface area contributed by atoms with E-state index in [1.54, 1.807) is 0 Å². The Morgan fingerprint density at radius 1 is 0.969 bits per heavy atom. The summed E-state index contributed by atoms with van der Waals surface area (Å²) in [6, 6.07) is 17.4. The molecule has 3 heterocycles. The molecule has 5 heteroatoms. The molecule has 1 aliphatic heterocycles. The number of benzene rings is 2. The molecule has 0 saturated carbocycles. The van der Waals surface area contributed by atoms with Crippen LogP contribution in [0.2, 0.25) is 0 Å². The molecule has 0 atom stereocenters. The number of nitriles is 1. The molecule has 0 spiro atoms. The smallest absolute Gasteiger partial charge is 0.157 e. The predicted molar refractivity (Wildman–Crippen MR) is 132 cm³/mol. The standard InChI is InChI=1S/C27H29N5/c1-5-21-20(4)22(17-28)26-29-23-8-6-7-9-25(23)32(26)27(21)31-14-12-30(13-15-31)24-11-10-18(2)16-19(24)3/h6-11,16H,5,12-15H2,1-4H3. The summed E-state index contributed by atoms with van der Waals surface area (Å²) in [4.78, 5) is 9.85. The van der Waals surface area contributed by atoms with Gasteiger partial charge < -0.3 is 9.80 Å². The average Bonchev–Trinajstić information content (AvgIpc) is 3.17. The highest BCUT2D eigenvalue weighted by Gasteiger charge is 2.26. The van der Waals surface area contributed by atoms with E-state index >= 15 is 0 Å². The van der Waals surface area contributed by atoms with Gasteiger partial charge in [0, 0.05) is 31.9 Å². The van der Waals surface area contributed by atoms with Gasteiger partial charge in [-0.2, -0.15) is 5.26 Å². The second kappa shape index (κ2) is 7.87. The van der Waals surface area contributed by atoms with Crippen molar-refractivity contribution < 1.29 is 0 Å². The molecule has 0 unspecified atom stereocenters. The van der Waals surface area contributed by atoms with Crippen LogP contribution in [0, 0.1) is 32.1 Å². The summed E-state index contributed by atoms with van der Waals surface area (Å²) in [5.74, 6) is 1.20. The number of nitrogens with zero attached hydrogens (tertiary/aromatic N) is 5. The van der Waals surface area contributed by atoms with Gasteiger partial charge in [0.05, 0.1) is 16.6 Å². The van der Waals surface area contributed by atoms with Crippen LogP contribution in [0.1, 0.15) is 34.7 Å². The van der Waals surface area contributed by atoms with Crippen LogP contribution in [0.15, 0.2) is 42.5 Å². The molecule has 5 nitrogen and oxygen atoms in total. The summed E-state index contributed by atoms with van der Waals surface area (Å²) in [5, 5.41) is 9.95. The Kier molecular flexibility index (Phi) is 5.01. The van der Waals surface area contributed by atoms with E-state index in [4.69, 9.17) is 4.98 Å². The fourth-order valence-electron chi connectivity index (χ4n) is 5.24. The van der Waals surface area contributed by atoms with Gasteiger partial charge in [0.1, 0.15) is 11.9 Å². The molecular weight excluding hydrogens is 394 g/mol. The van der Waals surface area contributed by atoms with Gasteiger partial charge in [-0.1, -0.05) is 36.8 Å². The van der Waals surface area contributed by atoms with Crippen molar-refractivity contribution in [2.24, 2.45) is 0 Å². The molecule has 32 heavy (non-hydrogen) atoms. The topological polar surface area (TPSA) is 47.6 Å². The lowest BCUT2D eigenvalue weighted by molar-refractivity contribution is 0.641. The SMILES string of the molecule is CCc1c(C)c(C#N)c2nc3ccccc3n2c1N1CCN(c2ccc(C)cc2C)CC1. The molecule has 162 valence electrons. The van der Waals surface area contributed by atoms with Crippen LogP contribution in [0.3, 0.4) is 0 Å². The molecule has 0 bridgehead atoms.